The highest BCUT2D eigenvalue weighted by atomic mass is 35.5. The van der Waals surface area contributed by atoms with Gasteiger partial charge in [-0.25, -0.2) is 9.37 Å². The molecule has 0 unspecified atom stereocenters. The van der Waals surface area contributed by atoms with Crippen LogP contribution in [0.5, 0.6) is 0 Å². The minimum Gasteiger partial charge on any atom is -0.325 e. The van der Waals surface area contributed by atoms with Crippen molar-refractivity contribution in [3.8, 4) is 0 Å². The molecule has 0 aliphatic carbocycles. The normalized spacial score (nSPS) is 19.6. The van der Waals surface area contributed by atoms with Crippen molar-refractivity contribution in [3.05, 3.63) is 71.3 Å². The van der Waals surface area contributed by atoms with Gasteiger partial charge in [-0.05, 0) is 29.8 Å². The Morgan fingerprint density at radius 1 is 1.12 bits per heavy atom. The highest BCUT2D eigenvalue weighted by Gasteiger charge is 2.34. The van der Waals surface area contributed by atoms with Crippen molar-refractivity contribution >= 4 is 34.0 Å². The number of rotatable bonds is 3. The number of pyridine rings is 1. The van der Waals surface area contributed by atoms with Gasteiger partial charge in [0.25, 0.3) is 0 Å². The van der Waals surface area contributed by atoms with Gasteiger partial charge in [-0.2, -0.15) is 0 Å². The minimum absolute atomic E-state index is 0.0100. The van der Waals surface area contributed by atoms with Crippen LogP contribution in [0.15, 0.2) is 54.7 Å². The zero-order chi connectivity index (χ0) is 18.1. The number of hydrogen-bond donors (Lipinski definition) is 2. The first kappa shape index (κ1) is 16.9. The second kappa shape index (κ2) is 7.02. The molecule has 4 rings (SSSR count). The summed E-state index contributed by atoms with van der Waals surface area (Å²) >= 11 is 6.14. The Hall–Kier alpha value is -2.50. The van der Waals surface area contributed by atoms with E-state index in [0.29, 0.717) is 23.9 Å². The third kappa shape index (κ3) is 3.16. The Labute approximate surface area is 155 Å². The molecule has 4 nitrogen and oxygen atoms in total. The van der Waals surface area contributed by atoms with Gasteiger partial charge in [0.05, 0.1) is 5.92 Å². The molecule has 1 amide bonds. The summed E-state index contributed by atoms with van der Waals surface area (Å²) in [6.45, 7) is 1.27. The maximum absolute atomic E-state index is 13.2. The predicted molar refractivity (Wildman–Crippen MR) is 101 cm³/mol. The highest BCUT2D eigenvalue weighted by Crippen LogP contribution is 2.31. The van der Waals surface area contributed by atoms with Crippen molar-refractivity contribution in [3.63, 3.8) is 0 Å². The molecule has 1 saturated heterocycles. The number of halogens is 2. The fourth-order valence-corrected chi connectivity index (χ4v) is 3.74. The number of fused-ring (bicyclic) bond motifs is 1. The van der Waals surface area contributed by atoms with Crippen LogP contribution in [0.25, 0.3) is 10.8 Å². The van der Waals surface area contributed by atoms with E-state index in [9.17, 15) is 9.18 Å². The van der Waals surface area contributed by atoms with E-state index in [-0.39, 0.29) is 23.6 Å². The molecule has 1 fully saturated rings. The molecule has 6 heteroatoms. The lowest BCUT2D eigenvalue weighted by atomic mass is 9.88. The number of benzene rings is 2. The number of amides is 1. The van der Waals surface area contributed by atoms with Crippen molar-refractivity contribution in [2.45, 2.75) is 5.92 Å². The van der Waals surface area contributed by atoms with Gasteiger partial charge >= 0.3 is 0 Å². The molecule has 2 N–H and O–H groups in total. The van der Waals surface area contributed by atoms with Gasteiger partial charge in [-0.3, -0.25) is 4.79 Å². The molecule has 0 spiro atoms. The minimum atomic E-state index is -0.276. The van der Waals surface area contributed by atoms with Crippen LogP contribution in [-0.4, -0.2) is 24.0 Å². The maximum Gasteiger partial charge on any atom is 0.229 e. The third-order valence-electron chi connectivity index (χ3n) is 4.86. The molecular weight excluding hydrogens is 353 g/mol. The van der Waals surface area contributed by atoms with Crippen LogP contribution in [-0.2, 0) is 4.79 Å². The fraction of sp³-hybridized carbons (Fsp3) is 0.200. The molecule has 2 aromatic carbocycles. The zero-order valence-electron chi connectivity index (χ0n) is 13.9. The average molecular weight is 370 g/mol. The molecule has 1 aromatic heterocycles. The lowest BCUT2D eigenvalue weighted by molar-refractivity contribution is -0.119. The fourth-order valence-electron chi connectivity index (χ4n) is 3.52. The third-order valence-corrected chi connectivity index (χ3v) is 5.17. The maximum atomic E-state index is 13.2. The summed E-state index contributed by atoms with van der Waals surface area (Å²) in [6.07, 6.45) is 1.62. The highest BCUT2D eigenvalue weighted by molar-refractivity contribution is 6.34. The van der Waals surface area contributed by atoms with Gasteiger partial charge in [0.1, 0.15) is 11.0 Å². The summed E-state index contributed by atoms with van der Waals surface area (Å²) in [5.41, 5.74) is 1.67. The molecule has 3 aromatic rings. The second-order valence-corrected chi connectivity index (χ2v) is 6.77. The quantitative estimate of drug-likeness (QED) is 0.687. The van der Waals surface area contributed by atoms with Crippen LogP contribution in [0.2, 0.25) is 5.15 Å². The van der Waals surface area contributed by atoms with Crippen LogP contribution in [0.4, 0.5) is 10.1 Å². The summed E-state index contributed by atoms with van der Waals surface area (Å²) in [4.78, 5) is 17.0. The van der Waals surface area contributed by atoms with Gasteiger partial charge < -0.3 is 10.6 Å². The first-order chi connectivity index (χ1) is 12.6. The smallest absolute Gasteiger partial charge is 0.229 e. The van der Waals surface area contributed by atoms with E-state index in [1.54, 1.807) is 18.3 Å². The molecule has 1 aliphatic rings. The van der Waals surface area contributed by atoms with Crippen LogP contribution >= 0.6 is 11.6 Å². The van der Waals surface area contributed by atoms with Gasteiger partial charge in [0.2, 0.25) is 5.91 Å². The average Bonchev–Trinajstić information content (AvgIpc) is 3.13. The SMILES string of the molecule is O=C(Nc1cccc2c(Cl)nccc12)[C@H]1CNC[C@@H]1c1ccc(F)cc1. The lowest BCUT2D eigenvalue weighted by Gasteiger charge is -2.19. The van der Waals surface area contributed by atoms with Crippen molar-refractivity contribution < 1.29 is 9.18 Å². The largest absolute Gasteiger partial charge is 0.325 e. The van der Waals surface area contributed by atoms with Gasteiger partial charge in [0, 0.05) is 41.7 Å². The number of nitrogens with one attached hydrogen (secondary N) is 2. The number of nitrogens with zero attached hydrogens (tertiary/aromatic N) is 1. The molecule has 132 valence electrons. The standard InChI is InChI=1S/C20H17ClFN3O/c21-19-15-2-1-3-18(14(15)8-9-24-19)25-20(26)17-11-23-10-16(17)12-4-6-13(22)7-5-12/h1-9,16-17,23H,10-11H2,(H,25,26)/t16-,17+/m1/s1. The Bertz CT molecular complexity index is 961. The van der Waals surface area contributed by atoms with E-state index in [4.69, 9.17) is 11.6 Å². The van der Waals surface area contributed by atoms with Crippen LogP contribution in [0.1, 0.15) is 11.5 Å². The number of hydrogen-bond acceptors (Lipinski definition) is 3. The molecule has 1 aliphatic heterocycles. The zero-order valence-corrected chi connectivity index (χ0v) is 14.6. The number of carbonyl (C=O) groups is 1. The Morgan fingerprint density at radius 3 is 2.73 bits per heavy atom. The Morgan fingerprint density at radius 2 is 1.92 bits per heavy atom. The summed E-state index contributed by atoms with van der Waals surface area (Å²) in [7, 11) is 0. The molecule has 2 atom stereocenters. The van der Waals surface area contributed by atoms with E-state index >= 15 is 0 Å². The summed E-state index contributed by atoms with van der Waals surface area (Å²) in [5, 5.41) is 8.35. The molecule has 2 heterocycles. The number of aromatic nitrogens is 1. The molecule has 26 heavy (non-hydrogen) atoms. The van der Waals surface area contributed by atoms with Crippen molar-refractivity contribution in [2.75, 3.05) is 18.4 Å². The van der Waals surface area contributed by atoms with Crippen molar-refractivity contribution in [1.82, 2.24) is 10.3 Å². The number of carbonyl (C=O) groups excluding carboxylic acids is 1. The Kier molecular flexibility index (Phi) is 4.57. The molecule has 0 radical (unpaired) electrons. The second-order valence-electron chi connectivity index (χ2n) is 6.41. The van der Waals surface area contributed by atoms with Crippen LogP contribution < -0.4 is 10.6 Å². The lowest BCUT2D eigenvalue weighted by Crippen LogP contribution is -2.28. The molecule has 0 bridgehead atoms. The first-order valence-corrected chi connectivity index (χ1v) is 8.81. The monoisotopic (exact) mass is 369 g/mol. The van der Waals surface area contributed by atoms with Crippen molar-refractivity contribution in [2.24, 2.45) is 5.92 Å². The molecule has 0 saturated carbocycles. The van der Waals surface area contributed by atoms with E-state index in [1.165, 1.54) is 12.1 Å². The van der Waals surface area contributed by atoms with E-state index in [1.807, 2.05) is 24.3 Å². The summed E-state index contributed by atoms with van der Waals surface area (Å²) in [6, 6.07) is 13.8. The van der Waals surface area contributed by atoms with E-state index < -0.39 is 0 Å². The molecular formula is C20H17ClFN3O. The van der Waals surface area contributed by atoms with Crippen molar-refractivity contribution in [1.29, 1.82) is 0 Å². The van der Waals surface area contributed by atoms with Gasteiger partial charge in [-0.1, -0.05) is 35.9 Å². The predicted octanol–water partition coefficient (Wildman–Crippen LogP) is 3.97. The summed E-state index contributed by atoms with van der Waals surface area (Å²) in [5.74, 6) is -0.560. The van der Waals surface area contributed by atoms with E-state index in [0.717, 1.165) is 16.3 Å². The first-order valence-electron chi connectivity index (χ1n) is 8.44. The Balaban J connectivity index is 1.60. The van der Waals surface area contributed by atoms with Gasteiger partial charge in [-0.15, -0.1) is 0 Å². The number of anilines is 1. The van der Waals surface area contributed by atoms with E-state index in [2.05, 4.69) is 15.6 Å². The van der Waals surface area contributed by atoms with Gasteiger partial charge in [0.15, 0.2) is 0 Å². The van der Waals surface area contributed by atoms with Crippen LogP contribution in [0, 0.1) is 11.7 Å². The summed E-state index contributed by atoms with van der Waals surface area (Å²) < 4.78 is 13.2. The van der Waals surface area contributed by atoms with Crippen LogP contribution in [0.3, 0.4) is 0 Å². The topological polar surface area (TPSA) is 54.0 Å².